The van der Waals surface area contributed by atoms with Crippen molar-refractivity contribution in [2.45, 2.75) is 10.7 Å². The molecule has 0 unspecified atom stereocenters. The Balaban J connectivity index is 1.90. The van der Waals surface area contributed by atoms with Crippen LogP contribution in [0, 0.1) is 0 Å². The van der Waals surface area contributed by atoms with Gasteiger partial charge in [-0.15, -0.1) is 0 Å². The number of alkyl halides is 2. The lowest BCUT2D eigenvalue weighted by molar-refractivity contribution is -0.119. The Morgan fingerprint density at radius 2 is 1.88 bits per heavy atom. The van der Waals surface area contributed by atoms with E-state index in [-0.39, 0.29) is 11.3 Å². The highest BCUT2D eigenvalue weighted by molar-refractivity contribution is 7.99. The Labute approximate surface area is 157 Å². The average Bonchev–Trinajstić information content (AvgIpc) is 2.61. The van der Waals surface area contributed by atoms with E-state index >= 15 is 0 Å². The first-order valence-electron chi connectivity index (χ1n) is 7.24. The third-order valence-corrected chi connectivity index (χ3v) is 4.04. The molecule has 0 aliphatic carbocycles. The highest BCUT2D eigenvalue weighted by atomic mass is 35.5. The van der Waals surface area contributed by atoms with Gasteiger partial charge in [0.15, 0.2) is 6.61 Å². The predicted molar refractivity (Wildman–Crippen MR) is 95.2 cm³/mol. The molecule has 26 heavy (non-hydrogen) atoms. The lowest BCUT2D eigenvalue weighted by Crippen LogP contribution is -2.21. The van der Waals surface area contributed by atoms with E-state index < -0.39 is 24.2 Å². The van der Waals surface area contributed by atoms with Crippen LogP contribution in [0.1, 0.15) is 10.4 Å². The van der Waals surface area contributed by atoms with Crippen LogP contribution in [0.4, 0.5) is 14.5 Å². The molecule has 0 aromatic heterocycles. The average molecular weight is 402 g/mol. The number of hydrogen-bond acceptors (Lipinski definition) is 5. The maximum absolute atomic E-state index is 12.3. The number of hydrogen-bond donors (Lipinski definition) is 1. The zero-order chi connectivity index (χ0) is 19.1. The lowest BCUT2D eigenvalue weighted by atomic mass is 10.2. The molecule has 9 heteroatoms. The van der Waals surface area contributed by atoms with E-state index in [4.69, 9.17) is 21.1 Å². The summed E-state index contributed by atoms with van der Waals surface area (Å²) in [4.78, 5) is 24.3. The first-order chi connectivity index (χ1) is 12.4. The number of esters is 1. The topological polar surface area (TPSA) is 64.6 Å². The molecule has 0 spiro atoms. The number of amides is 1. The van der Waals surface area contributed by atoms with E-state index in [0.717, 1.165) is 0 Å². The van der Waals surface area contributed by atoms with E-state index in [0.29, 0.717) is 27.4 Å². The fourth-order valence-corrected chi connectivity index (χ4v) is 2.64. The maximum atomic E-state index is 12.3. The second kappa shape index (κ2) is 9.40. The van der Waals surface area contributed by atoms with Gasteiger partial charge in [-0.05, 0) is 42.5 Å². The van der Waals surface area contributed by atoms with Crippen LogP contribution in [0.25, 0.3) is 0 Å². The van der Waals surface area contributed by atoms with Gasteiger partial charge in [0, 0.05) is 15.6 Å². The summed E-state index contributed by atoms with van der Waals surface area (Å²) in [5.41, 5.74) is 0.492. The van der Waals surface area contributed by atoms with Crippen LogP contribution in [-0.2, 0) is 9.53 Å². The molecule has 0 heterocycles. The Hall–Kier alpha value is -2.32. The number of methoxy groups -OCH3 is 1. The van der Waals surface area contributed by atoms with Crippen molar-refractivity contribution in [2.24, 2.45) is 0 Å². The third kappa shape index (κ3) is 5.89. The zero-order valence-electron chi connectivity index (χ0n) is 13.5. The maximum Gasteiger partial charge on any atom is 0.342 e. The van der Waals surface area contributed by atoms with E-state index in [2.05, 4.69) is 5.32 Å². The summed E-state index contributed by atoms with van der Waals surface area (Å²) in [7, 11) is 1.39. The van der Waals surface area contributed by atoms with Crippen LogP contribution in [0.5, 0.6) is 5.75 Å². The lowest BCUT2D eigenvalue weighted by Gasteiger charge is -2.10. The number of ether oxygens (including phenoxy) is 2. The second-order valence-electron chi connectivity index (χ2n) is 4.87. The first kappa shape index (κ1) is 20.0. The molecule has 0 aliphatic heterocycles. The summed E-state index contributed by atoms with van der Waals surface area (Å²) >= 11 is 6.25. The van der Waals surface area contributed by atoms with Crippen molar-refractivity contribution in [3.8, 4) is 5.75 Å². The van der Waals surface area contributed by atoms with Crippen LogP contribution >= 0.6 is 23.4 Å². The quantitative estimate of drug-likeness (QED) is 0.548. The number of carbonyl (C=O) groups excluding carboxylic acids is 2. The molecule has 2 aromatic rings. The zero-order valence-corrected chi connectivity index (χ0v) is 15.1. The molecule has 0 bridgehead atoms. The summed E-state index contributed by atoms with van der Waals surface area (Å²) in [6.07, 6.45) is 0. The number of carbonyl (C=O) groups is 2. The van der Waals surface area contributed by atoms with Crippen molar-refractivity contribution >= 4 is 40.9 Å². The standard InChI is InChI=1S/C17H14ClF2NO4S/c1-24-14-7-2-10(18)8-13(14)16(23)25-9-15(22)21-11-3-5-12(6-4-11)26-17(19)20/h2-8,17H,9H2,1H3,(H,21,22). The van der Waals surface area contributed by atoms with Gasteiger partial charge >= 0.3 is 5.97 Å². The summed E-state index contributed by atoms with van der Waals surface area (Å²) in [5.74, 6) is -3.58. The summed E-state index contributed by atoms with van der Waals surface area (Å²) < 4.78 is 34.5. The van der Waals surface area contributed by atoms with Gasteiger partial charge in [-0.2, -0.15) is 8.78 Å². The first-order valence-corrected chi connectivity index (χ1v) is 8.50. The monoisotopic (exact) mass is 401 g/mol. The molecular formula is C17H14ClF2NO4S. The largest absolute Gasteiger partial charge is 0.496 e. The minimum atomic E-state index is -2.52. The molecule has 0 radical (unpaired) electrons. The minimum Gasteiger partial charge on any atom is -0.496 e. The molecule has 1 N–H and O–H groups in total. The van der Waals surface area contributed by atoms with Gasteiger partial charge in [-0.3, -0.25) is 4.79 Å². The van der Waals surface area contributed by atoms with Gasteiger partial charge in [0.05, 0.1) is 7.11 Å². The Kier molecular flexibility index (Phi) is 7.23. The van der Waals surface area contributed by atoms with Crippen molar-refractivity contribution in [3.63, 3.8) is 0 Å². The van der Waals surface area contributed by atoms with Gasteiger partial charge < -0.3 is 14.8 Å². The van der Waals surface area contributed by atoms with Gasteiger partial charge in [0.1, 0.15) is 11.3 Å². The number of halogens is 3. The summed E-state index contributed by atoms with van der Waals surface area (Å²) in [6.45, 7) is -0.526. The fourth-order valence-electron chi connectivity index (χ4n) is 1.97. The molecule has 2 rings (SSSR count). The number of benzene rings is 2. The Morgan fingerprint density at radius 3 is 2.50 bits per heavy atom. The summed E-state index contributed by atoms with van der Waals surface area (Å²) in [6, 6.07) is 10.3. The molecule has 0 saturated heterocycles. The van der Waals surface area contributed by atoms with E-state index in [1.807, 2.05) is 0 Å². The van der Waals surface area contributed by atoms with Gasteiger partial charge in [-0.25, -0.2) is 4.79 Å². The van der Waals surface area contributed by atoms with Crippen molar-refractivity contribution in [2.75, 3.05) is 19.0 Å². The van der Waals surface area contributed by atoms with Crippen LogP contribution in [0.2, 0.25) is 5.02 Å². The molecule has 0 atom stereocenters. The molecule has 0 fully saturated rings. The van der Waals surface area contributed by atoms with Gasteiger partial charge in [0.2, 0.25) is 0 Å². The van der Waals surface area contributed by atoms with Crippen LogP contribution in [0.3, 0.4) is 0 Å². The Bertz CT molecular complexity index is 787. The number of rotatable bonds is 7. The van der Waals surface area contributed by atoms with Crippen molar-refractivity contribution in [1.29, 1.82) is 0 Å². The van der Waals surface area contributed by atoms with Gasteiger partial charge in [0.25, 0.3) is 11.7 Å². The molecule has 5 nitrogen and oxygen atoms in total. The van der Waals surface area contributed by atoms with E-state index in [1.54, 1.807) is 6.07 Å². The summed E-state index contributed by atoms with van der Waals surface area (Å²) in [5, 5.41) is 2.82. The predicted octanol–water partition coefficient (Wildman–Crippen LogP) is 4.46. The van der Waals surface area contributed by atoms with E-state index in [9.17, 15) is 18.4 Å². The number of anilines is 1. The SMILES string of the molecule is COc1ccc(Cl)cc1C(=O)OCC(=O)Nc1ccc(SC(F)F)cc1. The normalized spacial score (nSPS) is 10.5. The van der Waals surface area contributed by atoms with Crippen molar-refractivity contribution < 1.29 is 27.8 Å². The smallest absolute Gasteiger partial charge is 0.342 e. The van der Waals surface area contributed by atoms with Crippen LogP contribution < -0.4 is 10.1 Å². The molecule has 138 valence electrons. The highest BCUT2D eigenvalue weighted by Gasteiger charge is 2.16. The van der Waals surface area contributed by atoms with Gasteiger partial charge in [-0.1, -0.05) is 23.4 Å². The molecule has 0 aliphatic rings. The second-order valence-corrected chi connectivity index (χ2v) is 6.37. The highest BCUT2D eigenvalue weighted by Crippen LogP contribution is 2.26. The number of nitrogens with one attached hydrogen (secondary N) is 1. The van der Waals surface area contributed by atoms with Crippen LogP contribution in [0.15, 0.2) is 47.4 Å². The number of thioether (sulfide) groups is 1. The molecule has 0 saturated carbocycles. The minimum absolute atomic E-state index is 0.0983. The van der Waals surface area contributed by atoms with Crippen LogP contribution in [-0.4, -0.2) is 31.4 Å². The molecule has 2 aromatic carbocycles. The Morgan fingerprint density at radius 1 is 1.19 bits per heavy atom. The van der Waals surface area contributed by atoms with Crippen molar-refractivity contribution in [3.05, 3.63) is 53.1 Å². The molecular weight excluding hydrogens is 388 g/mol. The molecule has 1 amide bonds. The fraction of sp³-hybridized carbons (Fsp3) is 0.176. The third-order valence-electron chi connectivity index (χ3n) is 3.08. The van der Waals surface area contributed by atoms with E-state index in [1.165, 1.54) is 43.5 Å². The van der Waals surface area contributed by atoms with Crippen molar-refractivity contribution in [1.82, 2.24) is 0 Å².